The van der Waals surface area contributed by atoms with E-state index in [0.717, 1.165) is 29.7 Å². The van der Waals surface area contributed by atoms with Gasteiger partial charge in [-0.1, -0.05) is 37.3 Å². The predicted molar refractivity (Wildman–Crippen MR) is 97.5 cm³/mol. The van der Waals surface area contributed by atoms with Crippen LogP contribution in [0.3, 0.4) is 0 Å². The standard InChI is InChI=1S/C19H20N4O/c1-3-12-20-18-17(21-15-10-6-7-11-16(15)22-18)19(24)23-14-9-5-4-8-13(14)2/h4-11H,3,12H2,1-2H3,(H,20,22)(H,23,24). The van der Waals surface area contributed by atoms with Crippen LogP contribution in [0.15, 0.2) is 48.5 Å². The van der Waals surface area contributed by atoms with Crippen LogP contribution in [0.5, 0.6) is 0 Å². The fourth-order valence-corrected chi connectivity index (χ4v) is 2.42. The Kier molecular flexibility index (Phi) is 4.70. The summed E-state index contributed by atoms with van der Waals surface area (Å²) >= 11 is 0. The van der Waals surface area contributed by atoms with Gasteiger partial charge >= 0.3 is 0 Å². The van der Waals surface area contributed by atoms with E-state index in [4.69, 9.17) is 0 Å². The number of carbonyl (C=O) groups is 1. The second-order valence-corrected chi connectivity index (χ2v) is 5.61. The van der Waals surface area contributed by atoms with E-state index in [1.54, 1.807) is 0 Å². The zero-order valence-corrected chi connectivity index (χ0v) is 13.8. The number of hydrogen-bond acceptors (Lipinski definition) is 4. The van der Waals surface area contributed by atoms with Crippen LogP contribution in [0.25, 0.3) is 11.0 Å². The maximum absolute atomic E-state index is 12.7. The molecule has 0 spiro atoms. The second-order valence-electron chi connectivity index (χ2n) is 5.61. The molecule has 2 aromatic carbocycles. The van der Waals surface area contributed by atoms with Gasteiger partial charge in [0.25, 0.3) is 5.91 Å². The number of carbonyl (C=O) groups excluding carboxylic acids is 1. The first-order valence-corrected chi connectivity index (χ1v) is 8.06. The molecule has 2 N–H and O–H groups in total. The van der Waals surface area contributed by atoms with Crippen molar-refractivity contribution in [3.8, 4) is 0 Å². The van der Waals surface area contributed by atoms with Gasteiger partial charge in [0.2, 0.25) is 0 Å². The Morgan fingerprint density at radius 2 is 1.67 bits per heavy atom. The van der Waals surface area contributed by atoms with Crippen LogP contribution >= 0.6 is 0 Å². The Morgan fingerprint density at radius 1 is 1.00 bits per heavy atom. The van der Waals surface area contributed by atoms with Gasteiger partial charge in [-0.05, 0) is 37.1 Å². The van der Waals surface area contributed by atoms with E-state index < -0.39 is 0 Å². The number of aromatic nitrogens is 2. The maximum atomic E-state index is 12.7. The minimum atomic E-state index is -0.263. The summed E-state index contributed by atoms with van der Waals surface area (Å²) in [7, 11) is 0. The summed E-state index contributed by atoms with van der Waals surface area (Å²) in [6, 6.07) is 15.2. The molecule has 0 bridgehead atoms. The van der Waals surface area contributed by atoms with Crippen molar-refractivity contribution in [3.05, 3.63) is 59.8 Å². The zero-order chi connectivity index (χ0) is 16.9. The summed E-state index contributed by atoms with van der Waals surface area (Å²) < 4.78 is 0. The molecule has 0 saturated heterocycles. The van der Waals surface area contributed by atoms with E-state index in [1.165, 1.54) is 0 Å². The first-order valence-electron chi connectivity index (χ1n) is 8.06. The highest BCUT2D eigenvalue weighted by Crippen LogP contribution is 2.20. The molecular formula is C19H20N4O. The van der Waals surface area contributed by atoms with E-state index in [0.29, 0.717) is 17.0 Å². The topological polar surface area (TPSA) is 66.9 Å². The smallest absolute Gasteiger partial charge is 0.278 e. The Bertz CT molecular complexity index is 876. The van der Waals surface area contributed by atoms with Gasteiger partial charge in [0.1, 0.15) is 0 Å². The molecular weight excluding hydrogens is 300 g/mol. The fraction of sp³-hybridized carbons (Fsp3) is 0.211. The molecule has 5 heteroatoms. The SMILES string of the molecule is CCCNc1nc2ccccc2nc1C(=O)Nc1ccccc1C. The van der Waals surface area contributed by atoms with Crippen molar-refractivity contribution in [2.45, 2.75) is 20.3 Å². The van der Waals surface area contributed by atoms with E-state index in [1.807, 2.05) is 55.5 Å². The van der Waals surface area contributed by atoms with Gasteiger partial charge in [-0.15, -0.1) is 0 Å². The van der Waals surface area contributed by atoms with E-state index in [-0.39, 0.29) is 5.91 Å². The van der Waals surface area contributed by atoms with Crippen molar-refractivity contribution in [3.63, 3.8) is 0 Å². The predicted octanol–water partition coefficient (Wildman–Crippen LogP) is 4.01. The summed E-state index contributed by atoms with van der Waals surface area (Å²) in [6.45, 7) is 4.75. The van der Waals surface area contributed by atoms with Crippen LogP contribution in [0.2, 0.25) is 0 Å². The number of nitrogens with zero attached hydrogens (tertiary/aromatic N) is 2. The Hall–Kier alpha value is -2.95. The Labute approximate surface area is 141 Å². The quantitative estimate of drug-likeness (QED) is 0.745. The number of hydrogen-bond donors (Lipinski definition) is 2. The fourth-order valence-electron chi connectivity index (χ4n) is 2.42. The van der Waals surface area contributed by atoms with Gasteiger partial charge in [0.15, 0.2) is 11.5 Å². The highest BCUT2D eigenvalue weighted by molar-refractivity contribution is 6.07. The summed E-state index contributed by atoms with van der Waals surface area (Å²) in [6.07, 6.45) is 0.938. The van der Waals surface area contributed by atoms with Gasteiger partial charge in [-0.25, -0.2) is 9.97 Å². The van der Waals surface area contributed by atoms with Crippen molar-refractivity contribution in [1.29, 1.82) is 0 Å². The lowest BCUT2D eigenvalue weighted by atomic mass is 10.2. The molecule has 0 radical (unpaired) electrons. The molecule has 5 nitrogen and oxygen atoms in total. The molecule has 0 aliphatic heterocycles. The third-order valence-electron chi connectivity index (χ3n) is 3.72. The number of benzene rings is 2. The van der Waals surface area contributed by atoms with Crippen LogP contribution in [0.1, 0.15) is 29.4 Å². The van der Waals surface area contributed by atoms with Crippen molar-refractivity contribution in [2.75, 3.05) is 17.2 Å². The lowest BCUT2D eigenvalue weighted by Gasteiger charge is -2.12. The molecule has 0 saturated carbocycles. The molecule has 1 aromatic heterocycles. The molecule has 122 valence electrons. The molecule has 0 fully saturated rings. The van der Waals surface area contributed by atoms with E-state index in [9.17, 15) is 4.79 Å². The Morgan fingerprint density at radius 3 is 2.38 bits per heavy atom. The van der Waals surface area contributed by atoms with Crippen molar-refractivity contribution in [1.82, 2.24) is 9.97 Å². The van der Waals surface area contributed by atoms with Gasteiger partial charge in [-0.3, -0.25) is 4.79 Å². The van der Waals surface area contributed by atoms with Crippen LogP contribution < -0.4 is 10.6 Å². The van der Waals surface area contributed by atoms with E-state index >= 15 is 0 Å². The molecule has 0 aliphatic rings. The monoisotopic (exact) mass is 320 g/mol. The number of anilines is 2. The molecule has 0 aliphatic carbocycles. The molecule has 0 atom stereocenters. The molecule has 3 aromatic rings. The number of rotatable bonds is 5. The average Bonchev–Trinajstić information content (AvgIpc) is 2.61. The van der Waals surface area contributed by atoms with Gasteiger partial charge < -0.3 is 10.6 Å². The van der Waals surface area contributed by atoms with Crippen LogP contribution in [-0.4, -0.2) is 22.4 Å². The summed E-state index contributed by atoms with van der Waals surface area (Å²) in [5.74, 6) is 0.253. The Balaban J connectivity index is 1.99. The molecule has 1 heterocycles. The summed E-state index contributed by atoms with van der Waals surface area (Å²) in [4.78, 5) is 21.8. The molecule has 0 unspecified atom stereocenters. The van der Waals surface area contributed by atoms with Gasteiger partial charge in [0, 0.05) is 12.2 Å². The second kappa shape index (κ2) is 7.08. The van der Waals surface area contributed by atoms with Crippen molar-refractivity contribution in [2.24, 2.45) is 0 Å². The number of amides is 1. The maximum Gasteiger partial charge on any atom is 0.278 e. The largest absolute Gasteiger partial charge is 0.368 e. The third kappa shape index (κ3) is 3.35. The first-order chi connectivity index (χ1) is 11.7. The van der Waals surface area contributed by atoms with Crippen LogP contribution in [0.4, 0.5) is 11.5 Å². The normalized spacial score (nSPS) is 10.6. The van der Waals surface area contributed by atoms with Crippen LogP contribution in [-0.2, 0) is 0 Å². The highest BCUT2D eigenvalue weighted by Gasteiger charge is 2.17. The zero-order valence-electron chi connectivity index (χ0n) is 13.8. The summed E-state index contributed by atoms with van der Waals surface area (Å²) in [5, 5.41) is 6.13. The third-order valence-corrected chi connectivity index (χ3v) is 3.72. The van der Waals surface area contributed by atoms with Gasteiger partial charge in [-0.2, -0.15) is 0 Å². The highest BCUT2D eigenvalue weighted by atomic mass is 16.1. The van der Waals surface area contributed by atoms with E-state index in [2.05, 4.69) is 27.5 Å². The van der Waals surface area contributed by atoms with Gasteiger partial charge in [0.05, 0.1) is 11.0 Å². The minimum Gasteiger partial charge on any atom is -0.368 e. The number of nitrogens with one attached hydrogen (secondary N) is 2. The van der Waals surface area contributed by atoms with Crippen LogP contribution in [0, 0.1) is 6.92 Å². The van der Waals surface area contributed by atoms with Crippen molar-refractivity contribution >= 4 is 28.4 Å². The average molecular weight is 320 g/mol. The minimum absolute atomic E-state index is 0.263. The molecule has 1 amide bonds. The van der Waals surface area contributed by atoms with Crippen molar-refractivity contribution < 1.29 is 4.79 Å². The molecule has 24 heavy (non-hydrogen) atoms. The lowest BCUT2D eigenvalue weighted by molar-refractivity contribution is 0.102. The lowest BCUT2D eigenvalue weighted by Crippen LogP contribution is -2.18. The first kappa shape index (κ1) is 15.9. The summed E-state index contributed by atoms with van der Waals surface area (Å²) in [5.41, 5.74) is 3.56. The number of para-hydroxylation sites is 3. The number of aryl methyl sites for hydroxylation is 1. The number of fused-ring (bicyclic) bond motifs is 1. The molecule has 3 rings (SSSR count).